The highest BCUT2D eigenvalue weighted by Crippen LogP contribution is 2.19. The predicted octanol–water partition coefficient (Wildman–Crippen LogP) is 3.38. The first kappa shape index (κ1) is 16.4. The Morgan fingerprint density at radius 3 is 2.92 bits per heavy atom. The number of ether oxygens (including phenoxy) is 1. The molecule has 1 aliphatic rings. The van der Waals surface area contributed by atoms with Crippen LogP contribution in [0, 0.1) is 0 Å². The molecule has 5 nitrogen and oxygen atoms in total. The van der Waals surface area contributed by atoms with E-state index in [9.17, 15) is 4.79 Å². The number of carbonyl (C=O) groups excluding carboxylic acids is 1. The van der Waals surface area contributed by atoms with E-state index in [0.29, 0.717) is 19.7 Å². The Morgan fingerprint density at radius 2 is 2.00 bits per heavy atom. The van der Waals surface area contributed by atoms with Crippen molar-refractivity contribution in [1.82, 2.24) is 15.2 Å². The fourth-order valence-electron chi connectivity index (χ4n) is 3.25. The molecule has 0 saturated carbocycles. The van der Waals surface area contributed by atoms with Gasteiger partial charge in [0.25, 0.3) is 0 Å². The van der Waals surface area contributed by atoms with Gasteiger partial charge in [0, 0.05) is 24.7 Å². The zero-order valence-corrected chi connectivity index (χ0v) is 14.5. The van der Waals surface area contributed by atoms with Crippen LogP contribution in [0.4, 0.5) is 4.79 Å². The highest BCUT2D eigenvalue weighted by molar-refractivity contribution is 5.79. The molecule has 2 amide bonds. The molecule has 0 bridgehead atoms. The summed E-state index contributed by atoms with van der Waals surface area (Å²) in [4.78, 5) is 18.5. The molecule has 0 unspecified atom stereocenters. The largest absolute Gasteiger partial charge is 0.492 e. The number of aromatic nitrogens is 1. The van der Waals surface area contributed by atoms with E-state index in [1.807, 2.05) is 41.3 Å². The van der Waals surface area contributed by atoms with Crippen LogP contribution in [0.25, 0.3) is 10.9 Å². The van der Waals surface area contributed by atoms with Crippen LogP contribution in [-0.4, -0.2) is 35.6 Å². The SMILES string of the molecule is O=C(NCCOc1ccc2ncccc2c1)N1CCc2ccccc2C1. The van der Waals surface area contributed by atoms with E-state index < -0.39 is 0 Å². The standard InChI is InChI=1S/C21H21N3O2/c25-21(24-12-9-16-4-1-2-5-18(16)15-24)23-11-13-26-19-7-8-20-17(14-19)6-3-10-22-20/h1-8,10,14H,9,11-13,15H2,(H,23,25). The van der Waals surface area contributed by atoms with E-state index >= 15 is 0 Å². The van der Waals surface area contributed by atoms with Crippen molar-refractivity contribution in [1.29, 1.82) is 0 Å². The molecule has 0 saturated heterocycles. The molecular formula is C21H21N3O2. The topological polar surface area (TPSA) is 54.5 Å². The Balaban J connectivity index is 1.26. The molecule has 5 heteroatoms. The lowest BCUT2D eigenvalue weighted by Gasteiger charge is -2.28. The molecule has 1 N–H and O–H groups in total. The van der Waals surface area contributed by atoms with Crippen molar-refractivity contribution in [2.75, 3.05) is 19.7 Å². The number of nitrogens with zero attached hydrogens (tertiary/aromatic N) is 2. The van der Waals surface area contributed by atoms with E-state index in [1.165, 1.54) is 11.1 Å². The van der Waals surface area contributed by atoms with Gasteiger partial charge in [-0.05, 0) is 41.8 Å². The molecule has 3 aromatic rings. The fraction of sp³-hybridized carbons (Fsp3) is 0.238. The maximum atomic E-state index is 12.3. The first-order valence-electron chi connectivity index (χ1n) is 8.87. The summed E-state index contributed by atoms with van der Waals surface area (Å²) in [6.45, 7) is 2.33. The summed E-state index contributed by atoms with van der Waals surface area (Å²) in [5, 5.41) is 3.98. The van der Waals surface area contributed by atoms with E-state index in [2.05, 4.69) is 28.5 Å². The van der Waals surface area contributed by atoms with E-state index in [1.54, 1.807) is 6.20 Å². The zero-order valence-electron chi connectivity index (χ0n) is 14.5. The number of urea groups is 1. The molecule has 4 rings (SSSR count). The molecule has 0 radical (unpaired) electrons. The van der Waals surface area contributed by atoms with Gasteiger partial charge in [-0.25, -0.2) is 4.79 Å². The lowest BCUT2D eigenvalue weighted by atomic mass is 10.0. The third-order valence-corrected chi connectivity index (χ3v) is 4.64. The van der Waals surface area contributed by atoms with E-state index in [0.717, 1.165) is 29.6 Å². The number of pyridine rings is 1. The summed E-state index contributed by atoms with van der Waals surface area (Å²) in [7, 11) is 0. The summed E-state index contributed by atoms with van der Waals surface area (Å²) in [6.07, 6.45) is 2.68. The molecule has 2 aromatic carbocycles. The number of fused-ring (bicyclic) bond motifs is 2. The third kappa shape index (κ3) is 3.61. The number of rotatable bonds is 4. The molecule has 0 atom stereocenters. The minimum Gasteiger partial charge on any atom is -0.492 e. The molecular weight excluding hydrogens is 326 g/mol. The first-order chi connectivity index (χ1) is 12.8. The number of carbonyl (C=O) groups is 1. The van der Waals surface area contributed by atoms with Crippen molar-refractivity contribution in [3.8, 4) is 5.75 Å². The fourth-order valence-corrected chi connectivity index (χ4v) is 3.25. The summed E-state index contributed by atoms with van der Waals surface area (Å²) < 4.78 is 5.75. The van der Waals surface area contributed by atoms with Gasteiger partial charge in [-0.2, -0.15) is 0 Å². The molecule has 132 valence electrons. The third-order valence-electron chi connectivity index (χ3n) is 4.64. The number of benzene rings is 2. The smallest absolute Gasteiger partial charge is 0.317 e. The van der Waals surface area contributed by atoms with Crippen molar-refractivity contribution < 1.29 is 9.53 Å². The van der Waals surface area contributed by atoms with Crippen LogP contribution in [0.3, 0.4) is 0 Å². The lowest BCUT2D eigenvalue weighted by Crippen LogP contribution is -2.43. The van der Waals surface area contributed by atoms with Crippen LogP contribution in [-0.2, 0) is 13.0 Å². The van der Waals surface area contributed by atoms with Gasteiger partial charge in [0.15, 0.2) is 0 Å². The molecule has 26 heavy (non-hydrogen) atoms. The van der Waals surface area contributed by atoms with Gasteiger partial charge in [0.05, 0.1) is 12.1 Å². The molecule has 0 spiro atoms. The summed E-state index contributed by atoms with van der Waals surface area (Å²) >= 11 is 0. The molecule has 1 aliphatic heterocycles. The Bertz CT molecular complexity index is 926. The highest BCUT2D eigenvalue weighted by atomic mass is 16.5. The Kier molecular flexibility index (Phi) is 4.69. The van der Waals surface area contributed by atoms with Crippen LogP contribution in [0.2, 0.25) is 0 Å². The van der Waals surface area contributed by atoms with Crippen LogP contribution in [0.15, 0.2) is 60.8 Å². The lowest BCUT2D eigenvalue weighted by molar-refractivity contribution is 0.189. The summed E-state index contributed by atoms with van der Waals surface area (Å²) in [6, 6.07) is 18.0. The number of hydrogen-bond acceptors (Lipinski definition) is 3. The highest BCUT2D eigenvalue weighted by Gasteiger charge is 2.19. The van der Waals surface area contributed by atoms with Crippen molar-refractivity contribution in [3.63, 3.8) is 0 Å². The van der Waals surface area contributed by atoms with Crippen LogP contribution < -0.4 is 10.1 Å². The summed E-state index contributed by atoms with van der Waals surface area (Å²) in [5.74, 6) is 0.784. The van der Waals surface area contributed by atoms with Gasteiger partial charge in [-0.15, -0.1) is 0 Å². The van der Waals surface area contributed by atoms with Gasteiger partial charge in [-0.3, -0.25) is 4.98 Å². The van der Waals surface area contributed by atoms with E-state index in [4.69, 9.17) is 4.74 Å². The van der Waals surface area contributed by atoms with Crippen molar-refractivity contribution in [3.05, 3.63) is 71.9 Å². The summed E-state index contributed by atoms with van der Waals surface area (Å²) in [5.41, 5.74) is 3.51. The second-order valence-electron chi connectivity index (χ2n) is 6.38. The molecule has 1 aromatic heterocycles. The van der Waals surface area contributed by atoms with Gasteiger partial charge >= 0.3 is 6.03 Å². The average Bonchev–Trinajstić information content (AvgIpc) is 2.70. The van der Waals surface area contributed by atoms with Crippen molar-refractivity contribution >= 4 is 16.9 Å². The maximum Gasteiger partial charge on any atom is 0.317 e. The molecule has 0 aliphatic carbocycles. The minimum absolute atomic E-state index is 0.0363. The average molecular weight is 347 g/mol. The van der Waals surface area contributed by atoms with E-state index in [-0.39, 0.29) is 6.03 Å². The van der Waals surface area contributed by atoms with Gasteiger partial charge in [0.2, 0.25) is 0 Å². The zero-order chi connectivity index (χ0) is 17.8. The molecule has 2 heterocycles. The Labute approximate surface area is 152 Å². The quantitative estimate of drug-likeness (QED) is 0.736. The van der Waals surface area contributed by atoms with Crippen LogP contribution >= 0.6 is 0 Å². The van der Waals surface area contributed by atoms with Gasteiger partial charge in [-0.1, -0.05) is 30.3 Å². The van der Waals surface area contributed by atoms with Crippen LogP contribution in [0.1, 0.15) is 11.1 Å². The number of nitrogens with one attached hydrogen (secondary N) is 1. The van der Waals surface area contributed by atoms with Crippen molar-refractivity contribution in [2.24, 2.45) is 0 Å². The predicted molar refractivity (Wildman–Crippen MR) is 101 cm³/mol. The minimum atomic E-state index is -0.0363. The van der Waals surface area contributed by atoms with Crippen LogP contribution in [0.5, 0.6) is 5.75 Å². The first-order valence-corrected chi connectivity index (χ1v) is 8.87. The van der Waals surface area contributed by atoms with Gasteiger partial charge in [0.1, 0.15) is 12.4 Å². The van der Waals surface area contributed by atoms with Crippen molar-refractivity contribution in [2.45, 2.75) is 13.0 Å². The second-order valence-corrected chi connectivity index (χ2v) is 6.38. The maximum absolute atomic E-state index is 12.3. The normalized spacial score (nSPS) is 13.3. The number of amides is 2. The molecule has 0 fully saturated rings. The second kappa shape index (κ2) is 7.44. The Hall–Kier alpha value is -3.08. The number of hydrogen-bond donors (Lipinski definition) is 1. The monoisotopic (exact) mass is 347 g/mol. The van der Waals surface area contributed by atoms with Gasteiger partial charge < -0.3 is 15.0 Å². The Morgan fingerprint density at radius 1 is 1.12 bits per heavy atom.